The molecule has 1 atom stereocenters. The van der Waals surface area contributed by atoms with E-state index in [2.05, 4.69) is 11.2 Å². The molecule has 4 heteroatoms. The maximum atomic E-state index is 11.2. The molecule has 0 saturated heterocycles. The second kappa shape index (κ2) is 8.92. The van der Waals surface area contributed by atoms with Crippen molar-refractivity contribution in [2.75, 3.05) is 24.6 Å². The molecule has 1 amide bonds. The molecule has 0 aliphatic carbocycles. The third kappa shape index (κ3) is 7.96. The summed E-state index contributed by atoms with van der Waals surface area (Å²) in [6.07, 6.45) is 5.59. The number of carbonyl (C=O) groups is 1. The smallest absolute Gasteiger partial charge is 0.220 e. The highest BCUT2D eigenvalue weighted by molar-refractivity contribution is 7.99. The molecule has 1 unspecified atom stereocenters. The minimum Gasteiger partial charge on any atom is -0.355 e. The zero-order valence-electron chi connectivity index (χ0n) is 8.58. The van der Waals surface area contributed by atoms with Gasteiger partial charge >= 0.3 is 0 Å². The van der Waals surface area contributed by atoms with E-state index in [9.17, 15) is 4.79 Å². The number of rotatable bonds is 7. The Hall–Kier alpha value is -0.660. The quantitative estimate of drug-likeness (QED) is 0.478. The van der Waals surface area contributed by atoms with Crippen LogP contribution in [0.3, 0.4) is 0 Å². The molecule has 0 aromatic rings. The molecule has 0 aliphatic heterocycles. The molecule has 0 fully saturated rings. The first kappa shape index (κ1) is 13.3. The highest BCUT2D eigenvalue weighted by atomic mass is 32.2. The van der Waals surface area contributed by atoms with Crippen molar-refractivity contribution in [2.45, 2.75) is 13.3 Å². The lowest BCUT2D eigenvalue weighted by Gasteiger charge is -2.08. The van der Waals surface area contributed by atoms with Crippen LogP contribution in [0.15, 0.2) is 0 Å². The summed E-state index contributed by atoms with van der Waals surface area (Å²) in [7, 11) is 0. The second-order valence-corrected chi connectivity index (χ2v) is 4.26. The summed E-state index contributed by atoms with van der Waals surface area (Å²) in [5.41, 5.74) is 5.41. The largest absolute Gasteiger partial charge is 0.355 e. The van der Waals surface area contributed by atoms with Crippen molar-refractivity contribution >= 4 is 17.7 Å². The predicted octanol–water partition coefficient (Wildman–Crippen LogP) is 0.454. The Labute approximate surface area is 90.2 Å². The van der Waals surface area contributed by atoms with Gasteiger partial charge in [0.2, 0.25) is 5.91 Å². The molecular weight excluding hydrogens is 196 g/mol. The number of carbonyl (C=O) groups excluding carboxylic acids is 1. The zero-order valence-corrected chi connectivity index (χ0v) is 9.40. The van der Waals surface area contributed by atoms with Gasteiger partial charge in [-0.25, -0.2) is 0 Å². The number of hydrogen-bond donors (Lipinski definition) is 2. The molecule has 0 heterocycles. The van der Waals surface area contributed by atoms with Gasteiger partial charge in [0.25, 0.3) is 0 Å². The van der Waals surface area contributed by atoms with E-state index in [0.717, 1.165) is 5.75 Å². The van der Waals surface area contributed by atoms with E-state index in [-0.39, 0.29) is 11.8 Å². The van der Waals surface area contributed by atoms with Gasteiger partial charge in [0, 0.05) is 18.7 Å². The normalized spacial score (nSPS) is 11.8. The van der Waals surface area contributed by atoms with Crippen LogP contribution in [0.4, 0.5) is 0 Å². The maximum absolute atomic E-state index is 11.2. The Morgan fingerprint density at radius 1 is 1.71 bits per heavy atom. The lowest BCUT2D eigenvalue weighted by Crippen LogP contribution is -2.28. The predicted molar refractivity (Wildman–Crippen MR) is 62.0 cm³/mol. The monoisotopic (exact) mass is 214 g/mol. The molecule has 3 N–H and O–H groups in total. The van der Waals surface area contributed by atoms with Crippen molar-refractivity contribution in [3.63, 3.8) is 0 Å². The van der Waals surface area contributed by atoms with Gasteiger partial charge in [0.1, 0.15) is 0 Å². The lowest BCUT2D eigenvalue weighted by molar-refractivity contribution is -0.121. The lowest BCUT2D eigenvalue weighted by atomic mass is 10.1. The van der Waals surface area contributed by atoms with Crippen molar-refractivity contribution in [1.82, 2.24) is 5.32 Å². The van der Waals surface area contributed by atoms with Crippen LogP contribution < -0.4 is 11.1 Å². The molecule has 80 valence electrons. The molecule has 0 spiro atoms. The van der Waals surface area contributed by atoms with Crippen LogP contribution in [0, 0.1) is 18.3 Å². The SMILES string of the molecule is C#CCSCCNC(=O)CC(C)CN. The van der Waals surface area contributed by atoms with Crippen molar-refractivity contribution in [2.24, 2.45) is 11.7 Å². The molecule has 14 heavy (non-hydrogen) atoms. The third-order valence-electron chi connectivity index (χ3n) is 1.69. The number of nitrogens with one attached hydrogen (secondary N) is 1. The van der Waals surface area contributed by atoms with E-state index >= 15 is 0 Å². The summed E-state index contributed by atoms with van der Waals surface area (Å²) in [6.45, 7) is 3.20. The van der Waals surface area contributed by atoms with Gasteiger partial charge in [0.05, 0.1) is 5.75 Å². The number of thioether (sulfide) groups is 1. The average Bonchev–Trinajstić information content (AvgIpc) is 2.17. The first-order valence-electron chi connectivity index (χ1n) is 4.68. The van der Waals surface area contributed by atoms with Crippen molar-refractivity contribution < 1.29 is 4.79 Å². The molecular formula is C10H18N2OS. The molecule has 0 aromatic heterocycles. The van der Waals surface area contributed by atoms with Gasteiger partial charge in [-0.3, -0.25) is 4.79 Å². The van der Waals surface area contributed by atoms with Gasteiger partial charge in [-0.1, -0.05) is 12.8 Å². The summed E-state index contributed by atoms with van der Waals surface area (Å²) in [5, 5.41) is 2.82. The standard InChI is InChI=1S/C10H18N2OS/c1-3-5-14-6-4-12-10(13)7-9(2)8-11/h1,9H,4-8,11H2,2H3,(H,12,13). The van der Waals surface area contributed by atoms with Crippen LogP contribution >= 0.6 is 11.8 Å². The summed E-state index contributed by atoms with van der Waals surface area (Å²) < 4.78 is 0. The summed E-state index contributed by atoms with van der Waals surface area (Å²) in [5.74, 6) is 4.43. The van der Waals surface area contributed by atoms with Gasteiger partial charge in [-0.2, -0.15) is 0 Å². The summed E-state index contributed by atoms with van der Waals surface area (Å²) >= 11 is 1.64. The second-order valence-electron chi connectivity index (χ2n) is 3.15. The number of nitrogens with two attached hydrogens (primary N) is 1. The first-order valence-corrected chi connectivity index (χ1v) is 5.84. The Bertz CT molecular complexity index is 201. The van der Waals surface area contributed by atoms with Gasteiger partial charge in [-0.05, 0) is 12.5 Å². The third-order valence-corrected chi connectivity index (χ3v) is 2.55. The van der Waals surface area contributed by atoms with E-state index < -0.39 is 0 Å². The molecule has 0 aromatic carbocycles. The van der Waals surface area contributed by atoms with Crippen LogP contribution in [-0.4, -0.2) is 30.5 Å². The number of hydrogen-bond acceptors (Lipinski definition) is 3. The molecule has 0 rings (SSSR count). The first-order chi connectivity index (χ1) is 6.70. The summed E-state index contributed by atoms with van der Waals surface area (Å²) in [6, 6.07) is 0. The van der Waals surface area contributed by atoms with Crippen LogP contribution in [0.5, 0.6) is 0 Å². The van der Waals surface area contributed by atoms with E-state index in [1.165, 1.54) is 0 Å². The van der Waals surface area contributed by atoms with Crippen LogP contribution in [0.1, 0.15) is 13.3 Å². The van der Waals surface area contributed by atoms with Gasteiger partial charge in [-0.15, -0.1) is 18.2 Å². The fourth-order valence-electron chi connectivity index (χ4n) is 0.866. The molecule has 0 radical (unpaired) electrons. The van der Waals surface area contributed by atoms with Gasteiger partial charge < -0.3 is 11.1 Å². The highest BCUT2D eigenvalue weighted by Crippen LogP contribution is 1.99. The van der Waals surface area contributed by atoms with E-state index in [4.69, 9.17) is 12.2 Å². The Kier molecular flexibility index (Phi) is 8.50. The highest BCUT2D eigenvalue weighted by Gasteiger charge is 2.05. The molecule has 3 nitrogen and oxygen atoms in total. The average molecular weight is 214 g/mol. The van der Waals surface area contributed by atoms with Crippen molar-refractivity contribution in [3.05, 3.63) is 0 Å². The molecule has 0 aliphatic rings. The molecule has 0 bridgehead atoms. The Morgan fingerprint density at radius 2 is 2.43 bits per heavy atom. The van der Waals surface area contributed by atoms with Crippen molar-refractivity contribution in [1.29, 1.82) is 0 Å². The van der Waals surface area contributed by atoms with Crippen LogP contribution in [0.2, 0.25) is 0 Å². The van der Waals surface area contributed by atoms with Gasteiger partial charge in [0.15, 0.2) is 0 Å². The number of terminal acetylenes is 1. The van der Waals surface area contributed by atoms with Crippen LogP contribution in [0.25, 0.3) is 0 Å². The molecule has 0 saturated carbocycles. The topological polar surface area (TPSA) is 55.1 Å². The number of amides is 1. The zero-order chi connectivity index (χ0) is 10.8. The van der Waals surface area contributed by atoms with E-state index in [1.54, 1.807) is 11.8 Å². The maximum Gasteiger partial charge on any atom is 0.220 e. The van der Waals surface area contributed by atoms with Crippen molar-refractivity contribution in [3.8, 4) is 12.3 Å². The fraction of sp³-hybridized carbons (Fsp3) is 0.700. The fourth-order valence-corrected chi connectivity index (χ4v) is 1.37. The summed E-state index contributed by atoms with van der Waals surface area (Å²) in [4.78, 5) is 11.2. The minimum absolute atomic E-state index is 0.0734. The Balaban J connectivity index is 3.32. The van der Waals surface area contributed by atoms with E-state index in [0.29, 0.717) is 25.3 Å². The van der Waals surface area contributed by atoms with E-state index in [1.807, 2.05) is 6.92 Å². The minimum atomic E-state index is 0.0734. The Morgan fingerprint density at radius 3 is 3.00 bits per heavy atom. The van der Waals surface area contributed by atoms with Crippen LogP contribution in [-0.2, 0) is 4.79 Å².